The van der Waals surface area contributed by atoms with Crippen molar-refractivity contribution < 1.29 is 19.0 Å². The monoisotopic (exact) mass is 275 g/mol. The molecule has 0 saturated heterocycles. The Morgan fingerprint density at radius 2 is 2.00 bits per heavy atom. The van der Waals surface area contributed by atoms with Gasteiger partial charge in [-0.3, -0.25) is 0 Å². The van der Waals surface area contributed by atoms with Crippen molar-refractivity contribution in [3.8, 4) is 11.5 Å². The van der Waals surface area contributed by atoms with E-state index in [1.807, 2.05) is 26.0 Å². The number of hydrogen-bond donors (Lipinski definition) is 0. The first-order valence-electron chi connectivity index (χ1n) is 6.31. The van der Waals surface area contributed by atoms with Crippen molar-refractivity contribution in [2.45, 2.75) is 13.8 Å². The molecule has 0 amide bonds. The van der Waals surface area contributed by atoms with E-state index in [0.29, 0.717) is 17.9 Å². The van der Waals surface area contributed by atoms with Gasteiger partial charge in [0.15, 0.2) is 5.69 Å². The summed E-state index contributed by atoms with van der Waals surface area (Å²) in [6.07, 6.45) is 0. The summed E-state index contributed by atoms with van der Waals surface area (Å²) >= 11 is 0. The summed E-state index contributed by atoms with van der Waals surface area (Å²) in [4.78, 5) is 16.0. The number of hydrogen-bond acceptors (Lipinski definition) is 5. The van der Waals surface area contributed by atoms with Gasteiger partial charge in [-0.05, 0) is 31.5 Å². The summed E-state index contributed by atoms with van der Waals surface area (Å²) in [6.45, 7) is 4.29. The molecule has 0 aliphatic heterocycles. The number of nitrogens with zero attached hydrogens (tertiary/aromatic N) is 1. The van der Waals surface area contributed by atoms with Crippen molar-refractivity contribution >= 4 is 16.9 Å². The molecule has 0 bridgehead atoms. The van der Waals surface area contributed by atoms with Crippen LogP contribution in [0.3, 0.4) is 0 Å². The van der Waals surface area contributed by atoms with E-state index < -0.39 is 5.97 Å². The molecule has 5 nitrogen and oxygen atoms in total. The van der Waals surface area contributed by atoms with Crippen LogP contribution in [0.25, 0.3) is 10.9 Å². The molecule has 1 heterocycles. The molecular formula is C15H17NO4. The van der Waals surface area contributed by atoms with Crippen LogP contribution < -0.4 is 9.47 Å². The molecule has 5 heteroatoms. The van der Waals surface area contributed by atoms with E-state index in [9.17, 15) is 4.79 Å². The van der Waals surface area contributed by atoms with Crippen LogP contribution in [-0.4, -0.2) is 31.8 Å². The Morgan fingerprint density at radius 1 is 1.25 bits per heavy atom. The predicted molar refractivity (Wildman–Crippen MR) is 75.5 cm³/mol. The number of pyridine rings is 1. The van der Waals surface area contributed by atoms with Crippen molar-refractivity contribution in [1.82, 2.24) is 4.98 Å². The van der Waals surface area contributed by atoms with E-state index in [1.165, 1.54) is 7.11 Å². The maximum Gasteiger partial charge on any atom is 0.356 e. The van der Waals surface area contributed by atoms with E-state index in [0.717, 1.165) is 16.7 Å². The quantitative estimate of drug-likeness (QED) is 0.803. The molecule has 0 saturated carbocycles. The molecule has 1 aromatic carbocycles. The molecule has 20 heavy (non-hydrogen) atoms. The predicted octanol–water partition coefficient (Wildman–Crippen LogP) is 2.74. The number of benzene rings is 1. The smallest absolute Gasteiger partial charge is 0.356 e. The SMILES string of the molecule is CCOc1cc(C(=O)OC)nc2c(C)cc(OC)cc12. The fraction of sp³-hybridized carbons (Fsp3) is 0.333. The molecule has 2 aromatic rings. The van der Waals surface area contributed by atoms with Crippen LogP contribution in [0.2, 0.25) is 0 Å². The van der Waals surface area contributed by atoms with Crippen LogP contribution in [0.5, 0.6) is 11.5 Å². The molecule has 0 fully saturated rings. The zero-order valence-corrected chi connectivity index (χ0v) is 12.0. The lowest BCUT2D eigenvalue weighted by atomic mass is 10.1. The summed E-state index contributed by atoms with van der Waals surface area (Å²) in [6, 6.07) is 5.31. The summed E-state index contributed by atoms with van der Waals surface area (Å²) < 4.78 is 15.6. The number of carbonyl (C=O) groups is 1. The zero-order valence-electron chi connectivity index (χ0n) is 12.0. The lowest BCUT2D eigenvalue weighted by Crippen LogP contribution is -2.06. The lowest BCUT2D eigenvalue weighted by molar-refractivity contribution is 0.0594. The van der Waals surface area contributed by atoms with Crippen molar-refractivity contribution in [3.63, 3.8) is 0 Å². The number of methoxy groups -OCH3 is 2. The van der Waals surface area contributed by atoms with Crippen LogP contribution in [0, 0.1) is 6.92 Å². The Labute approximate surface area is 117 Å². The second-order valence-electron chi connectivity index (χ2n) is 4.27. The third kappa shape index (κ3) is 2.52. The number of fused-ring (bicyclic) bond motifs is 1. The molecule has 0 radical (unpaired) electrons. The fourth-order valence-electron chi connectivity index (χ4n) is 2.04. The summed E-state index contributed by atoms with van der Waals surface area (Å²) in [5.41, 5.74) is 1.85. The molecule has 0 spiro atoms. The first-order chi connectivity index (χ1) is 9.60. The summed E-state index contributed by atoms with van der Waals surface area (Å²) in [5, 5.41) is 0.816. The van der Waals surface area contributed by atoms with E-state index in [-0.39, 0.29) is 5.69 Å². The second-order valence-corrected chi connectivity index (χ2v) is 4.27. The maximum absolute atomic E-state index is 11.7. The molecule has 2 rings (SSSR count). The highest BCUT2D eigenvalue weighted by atomic mass is 16.5. The topological polar surface area (TPSA) is 57.7 Å². The van der Waals surface area contributed by atoms with Gasteiger partial charge in [-0.2, -0.15) is 0 Å². The zero-order chi connectivity index (χ0) is 14.7. The number of aryl methyl sites for hydroxylation is 1. The van der Waals surface area contributed by atoms with Gasteiger partial charge in [0.25, 0.3) is 0 Å². The minimum absolute atomic E-state index is 0.233. The molecule has 0 N–H and O–H groups in total. The van der Waals surface area contributed by atoms with Gasteiger partial charge in [-0.1, -0.05) is 0 Å². The summed E-state index contributed by atoms with van der Waals surface area (Å²) in [7, 11) is 2.94. The van der Waals surface area contributed by atoms with Crippen LogP contribution in [0.4, 0.5) is 0 Å². The van der Waals surface area contributed by atoms with Crippen molar-refractivity contribution in [3.05, 3.63) is 29.5 Å². The van der Waals surface area contributed by atoms with E-state index >= 15 is 0 Å². The number of aromatic nitrogens is 1. The van der Waals surface area contributed by atoms with Crippen LogP contribution in [0.1, 0.15) is 23.0 Å². The Balaban J connectivity index is 2.74. The largest absolute Gasteiger partial charge is 0.497 e. The van der Waals surface area contributed by atoms with E-state index in [4.69, 9.17) is 14.2 Å². The Morgan fingerprint density at radius 3 is 2.60 bits per heavy atom. The van der Waals surface area contributed by atoms with Gasteiger partial charge in [0.05, 0.1) is 26.3 Å². The molecule has 0 atom stereocenters. The number of carbonyl (C=O) groups excluding carboxylic acids is 1. The van der Waals surface area contributed by atoms with Gasteiger partial charge in [0, 0.05) is 11.5 Å². The summed E-state index contributed by atoms with van der Waals surface area (Å²) in [5.74, 6) is 0.839. The van der Waals surface area contributed by atoms with Crippen LogP contribution >= 0.6 is 0 Å². The standard InChI is InChI=1S/C15H17NO4/c1-5-20-13-8-12(15(17)19-4)16-14-9(2)6-10(18-3)7-11(13)14/h6-8H,5H2,1-4H3. The average Bonchev–Trinajstić information content (AvgIpc) is 2.46. The highest BCUT2D eigenvalue weighted by Gasteiger charge is 2.15. The minimum atomic E-state index is -0.483. The van der Waals surface area contributed by atoms with Gasteiger partial charge in [0.1, 0.15) is 11.5 Å². The van der Waals surface area contributed by atoms with Gasteiger partial charge in [-0.15, -0.1) is 0 Å². The third-order valence-corrected chi connectivity index (χ3v) is 2.97. The number of rotatable bonds is 4. The van der Waals surface area contributed by atoms with Gasteiger partial charge < -0.3 is 14.2 Å². The fourth-order valence-corrected chi connectivity index (χ4v) is 2.04. The first kappa shape index (κ1) is 14.1. The van der Waals surface area contributed by atoms with E-state index in [2.05, 4.69) is 4.98 Å². The lowest BCUT2D eigenvalue weighted by Gasteiger charge is -2.12. The molecule has 0 aliphatic carbocycles. The molecular weight excluding hydrogens is 258 g/mol. The second kappa shape index (κ2) is 5.77. The van der Waals surface area contributed by atoms with E-state index in [1.54, 1.807) is 13.2 Å². The van der Waals surface area contributed by atoms with Crippen molar-refractivity contribution in [1.29, 1.82) is 0 Å². The highest BCUT2D eigenvalue weighted by molar-refractivity contribution is 5.95. The van der Waals surface area contributed by atoms with Gasteiger partial charge in [-0.25, -0.2) is 9.78 Å². The van der Waals surface area contributed by atoms with Crippen LogP contribution in [0.15, 0.2) is 18.2 Å². The van der Waals surface area contributed by atoms with Crippen molar-refractivity contribution in [2.24, 2.45) is 0 Å². The van der Waals surface area contributed by atoms with Crippen LogP contribution in [-0.2, 0) is 4.74 Å². The Bertz CT molecular complexity index is 652. The Hall–Kier alpha value is -2.30. The number of ether oxygens (including phenoxy) is 3. The van der Waals surface area contributed by atoms with Crippen molar-refractivity contribution in [2.75, 3.05) is 20.8 Å². The molecule has 106 valence electrons. The molecule has 0 aliphatic rings. The van der Waals surface area contributed by atoms with Gasteiger partial charge >= 0.3 is 5.97 Å². The molecule has 1 aromatic heterocycles. The normalized spacial score (nSPS) is 10.4. The molecule has 0 unspecified atom stereocenters. The third-order valence-electron chi connectivity index (χ3n) is 2.97. The Kier molecular flexibility index (Phi) is 4.08. The number of esters is 1. The van der Waals surface area contributed by atoms with Gasteiger partial charge in [0.2, 0.25) is 0 Å². The highest BCUT2D eigenvalue weighted by Crippen LogP contribution is 2.31. The average molecular weight is 275 g/mol. The first-order valence-corrected chi connectivity index (χ1v) is 6.31. The maximum atomic E-state index is 11.7. The minimum Gasteiger partial charge on any atom is -0.497 e.